The standard InChI is InChI=1S/C22H22N2O5/c1-14(20-23-19-7-3-2-6-18(19)21(25)24-20)29-22(26)15-8-10-16(11-9-15)28-13-17-5-4-12-27-17/h2-3,6-11,14,17H,4-5,12-13H2,1H3,(H,23,24,25)/t14-,17-/m1/s1. The Kier molecular flexibility index (Phi) is 5.57. The van der Waals surface area contributed by atoms with Gasteiger partial charge in [0.25, 0.3) is 5.56 Å². The maximum Gasteiger partial charge on any atom is 0.338 e. The average molecular weight is 394 g/mol. The molecule has 1 saturated heterocycles. The lowest BCUT2D eigenvalue weighted by molar-refractivity contribution is 0.0319. The zero-order valence-corrected chi connectivity index (χ0v) is 16.1. The number of ether oxygens (including phenoxy) is 3. The fourth-order valence-corrected chi connectivity index (χ4v) is 3.23. The molecular formula is C22H22N2O5. The van der Waals surface area contributed by atoms with Crippen molar-refractivity contribution in [2.45, 2.75) is 32.0 Å². The number of esters is 1. The minimum atomic E-state index is -0.699. The van der Waals surface area contributed by atoms with Gasteiger partial charge < -0.3 is 19.2 Å². The van der Waals surface area contributed by atoms with Crippen LogP contribution < -0.4 is 10.3 Å². The van der Waals surface area contributed by atoms with Crippen molar-refractivity contribution >= 4 is 16.9 Å². The quantitative estimate of drug-likeness (QED) is 0.645. The molecule has 0 bridgehead atoms. The van der Waals surface area contributed by atoms with E-state index < -0.39 is 12.1 Å². The zero-order valence-electron chi connectivity index (χ0n) is 16.1. The Hall–Kier alpha value is -3.19. The van der Waals surface area contributed by atoms with E-state index in [9.17, 15) is 9.59 Å². The Morgan fingerprint density at radius 3 is 2.79 bits per heavy atom. The number of aromatic amines is 1. The van der Waals surface area contributed by atoms with E-state index in [2.05, 4.69) is 9.97 Å². The molecule has 1 fully saturated rings. The van der Waals surface area contributed by atoms with Crippen LogP contribution in [0, 0.1) is 0 Å². The molecule has 3 aromatic rings. The third kappa shape index (κ3) is 4.46. The first kappa shape index (κ1) is 19.1. The van der Waals surface area contributed by atoms with Gasteiger partial charge in [0.2, 0.25) is 0 Å². The average Bonchev–Trinajstić information content (AvgIpc) is 3.26. The summed E-state index contributed by atoms with van der Waals surface area (Å²) in [4.78, 5) is 31.7. The van der Waals surface area contributed by atoms with Gasteiger partial charge in [-0.2, -0.15) is 0 Å². The molecule has 29 heavy (non-hydrogen) atoms. The van der Waals surface area contributed by atoms with Gasteiger partial charge in [0, 0.05) is 6.61 Å². The van der Waals surface area contributed by atoms with E-state index in [0.29, 0.717) is 34.6 Å². The number of hydrogen-bond acceptors (Lipinski definition) is 6. The highest BCUT2D eigenvalue weighted by molar-refractivity contribution is 5.89. The van der Waals surface area contributed by atoms with Crippen molar-refractivity contribution in [1.82, 2.24) is 9.97 Å². The number of aromatic nitrogens is 2. The molecule has 1 N–H and O–H groups in total. The SMILES string of the molecule is C[C@@H](OC(=O)c1ccc(OC[C@H]2CCCO2)cc1)c1nc2ccccc2c(=O)[nH]1. The Labute approximate surface area is 167 Å². The van der Waals surface area contributed by atoms with Crippen LogP contribution in [0.1, 0.15) is 42.1 Å². The molecule has 1 aromatic heterocycles. The van der Waals surface area contributed by atoms with E-state index in [1.807, 2.05) is 0 Å². The van der Waals surface area contributed by atoms with Crippen molar-refractivity contribution in [3.8, 4) is 5.75 Å². The number of nitrogens with zero attached hydrogens (tertiary/aromatic N) is 1. The van der Waals surface area contributed by atoms with Crippen LogP contribution in [0.4, 0.5) is 0 Å². The largest absolute Gasteiger partial charge is 0.491 e. The van der Waals surface area contributed by atoms with Gasteiger partial charge in [-0.3, -0.25) is 4.79 Å². The fraction of sp³-hybridized carbons (Fsp3) is 0.318. The number of rotatable bonds is 6. The van der Waals surface area contributed by atoms with Crippen LogP contribution in [-0.4, -0.2) is 35.3 Å². The smallest absolute Gasteiger partial charge is 0.338 e. The molecule has 4 rings (SSSR count). The predicted octanol–water partition coefficient (Wildman–Crippen LogP) is 3.40. The van der Waals surface area contributed by atoms with Gasteiger partial charge in [-0.15, -0.1) is 0 Å². The van der Waals surface area contributed by atoms with E-state index in [1.165, 1.54) is 0 Å². The van der Waals surface area contributed by atoms with Gasteiger partial charge in [0.05, 0.1) is 22.6 Å². The third-order valence-corrected chi connectivity index (χ3v) is 4.85. The van der Waals surface area contributed by atoms with E-state index in [4.69, 9.17) is 14.2 Å². The van der Waals surface area contributed by atoms with Gasteiger partial charge in [0.15, 0.2) is 11.9 Å². The summed E-state index contributed by atoms with van der Waals surface area (Å²) in [6.45, 7) is 2.96. The van der Waals surface area contributed by atoms with E-state index in [0.717, 1.165) is 19.4 Å². The van der Waals surface area contributed by atoms with Crippen molar-refractivity contribution < 1.29 is 19.0 Å². The van der Waals surface area contributed by atoms with Crippen molar-refractivity contribution in [1.29, 1.82) is 0 Å². The van der Waals surface area contributed by atoms with Crippen LogP contribution >= 0.6 is 0 Å². The molecule has 2 aromatic carbocycles. The first-order valence-electron chi connectivity index (χ1n) is 9.64. The second kappa shape index (κ2) is 8.45. The number of para-hydroxylation sites is 1. The normalized spacial score (nSPS) is 17.2. The topological polar surface area (TPSA) is 90.5 Å². The van der Waals surface area contributed by atoms with Gasteiger partial charge in [-0.25, -0.2) is 9.78 Å². The lowest BCUT2D eigenvalue weighted by Crippen LogP contribution is -2.17. The Morgan fingerprint density at radius 1 is 1.24 bits per heavy atom. The number of nitrogens with one attached hydrogen (secondary N) is 1. The molecule has 1 aliphatic heterocycles. The number of carbonyl (C=O) groups is 1. The maximum absolute atomic E-state index is 12.5. The molecule has 1 aliphatic rings. The molecule has 150 valence electrons. The van der Waals surface area contributed by atoms with Crippen LogP contribution in [-0.2, 0) is 9.47 Å². The highest BCUT2D eigenvalue weighted by atomic mass is 16.5. The van der Waals surface area contributed by atoms with E-state index in [-0.39, 0.29) is 11.7 Å². The highest BCUT2D eigenvalue weighted by Gasteiger charge is 2.18. The van der Waals surface area contributed by atoms with Gasteiger partial charge in [-0.05, 0) is 56.2 Å². The lowest BCUT2D eigenvalue weighted by atomic mass is 10.2. The van der Waals surface area contributed by atoms with Crippen molar-refractivity contribution in [3.63, 3.8) is 0 Å². The van der Waals surface area contributed by atoms with Gasteiger partial charge in [0.1, 0.15) is 12.4 Å². The Balaban J connectivity index is 1.40. The molecule has 2 atom stereocenters. The van der Waals surface area contributed by atoms with Crippen molar-refractivity contribution in [2.24, 2.45) is 0 Å². The second-order valence-corrected chi connectivity index (χ2v) is 6.99. The highest BCUT2D eigenvalue weighted by Crippen LogP contribution is 2.19. The van der Waals surface area contributed by atoms with Crippen molar-refractivity contribution in [2.75, 3.05) is 13.2 Å². The summed E-state index contributed by atoms with van der Waals surface area (Å²) in [6.07, 6.45) is 1.51. The molecule has 0 aliphatic carbocycles. The van der Waals surface area contributed by atoms with Crippen LogP contribution in [0.15, 0.2) is 53.3 Å². The number of fused-ring (bicyclic) bond motifs is 1. The first-order chi connectivity index (χ1) is 14.1. The predicted molar refractivity (Wildman–Crippen MR) is 107 cm³/mol. The number of carbonyl (C=O) groups excluding carboxylic acids is 1. The molecule has 7 nitrogen and oxygen atoms in total. The Morgan fingerprint density at radius 2 is 2.03 bits per heavy atom. The summed E-state index contributed by atoms with van der Waals surface area (Å²) < 4.78 is 16.7. The number of H-pyrrole nitrogens is 1. The molecule has 0 spiro atoms. The summed E-state index contributed by atoms with van der Waals surface area (Å²) in [5, 5.41) is 0.494. The van der Waals surface area contributed by atoms with Gasteiger partial charge >= 0.3 is 5.97 Å². The van der Waals surface area contributed by atoms with Crippen molar-refractivity contribution in [3.05, 3.63) is 70.3 Å². The summed E-state index contributed by atoms with van der Waals surface area (Å²) in [5.41, 5.74) is 0.688. The van der Waals surface area contributed by atoms with Crippen LogP contribution in [0.2, 0.25) is 0 Å². The van der Waals surface area contributed by atoms with Crippen LogP contribution in [0.25, 0.3) is 10.9 Å². The second-order valence-electron chi connectivity index (χ2n) is 6.99. The van der Waals surface area contributed by atoms with Crippen LogP contribution in [0.3, 0.4) is 0 Å². The molecule has 0 radical (unpaired) electrons. The molecule has 0 saturated carbocycles. The molecule has 7 heteroatoms. The molecule has 0 unspecified atom stereocenters. The van der Waals surface area contributed by atoms with Crippen LogP contribution in [0.5, 0.6) is 5.75 Å². The lowest BCUT2D eigenvalue weighted by Gasteiger charge is -2.14. The minimum absolute atomic E-state index is 0.136. The first-order valence-corrected chi connectivity index (χ1v) is 9.64. The number of hydrogen-bond donors (Lipinski definition) is 1. The summed E-state index contributed by atoms with van der Waals surface area (Å²) in [7, 11) is 0. The fourth-order valence-electron chi connectivity index (χ4n) is 3.23. The summed E-state index contributed by atoms with van der Waals surface area (Å²) >= 11 is 0. The van der Waals surface area contributed by atoms with Gasteiger partial charge in [-0.1, -0.05) is 12.1 Å². The summed E-state index contributed by atoms with van der Waals surface area (Å²) in [6, 6.07) is 13.8. The minimum Gasteiger partial charge on any atom is -0.491 e. The molecular weight excluding hydrogens is 372 g/mol. The van der Waals surface area contributed by atoms with E-state index in [1.54, 1.807) is 55.5 Å². The zero-order chi connectivity index (χ0) is 20.2. The Bertz CT molecular complexity index is 1050. The summed E-state index contributed by atoms with van der Waals surface area (Å²) in [5.74, 6) is 0.475. The third-order valence-electron chi connectivity index (χ3n) is 4.85. The maximum atomic E-state index is 12.5. The number of benzene rings is 2. The molecule has 0 amide bonds. The monoisotopic (exact) mass is 394 g/mol. The molecule has 2 heterocycles. The van der Waals surface area contributed by atoms with E-state index >= 15 is 0 Å².